The van der Waals surface area contributed by atoms with Gasteiger partial charge in [-0.1, -0.05) is 30.3 Å². The van der Waals surface area contributed by atoms with E-state index in [9.17, 15) is 14.4 Å². The average molecular weight is 366 g/mol. The fourth-order valence-corrected chi connectivity index (χ4v) is 2.50. The van der Waals surface area contributed by atoms with Crippen LogP contribution in [0, 0.1) is 0 Å². The zero-order valence-electron chi connectivity index (χ0n) is 14.5. The number of aromatic nitrogens is 2. The number of rotatable bonds is 7. The molecule has 0 radical (unpaired) electrons. The van der Waals surface area contributed by atoms with Crippen LogP contribution in [0.4, 0.5) is 0 Å². The fourth-order valence-electron chi connectivity index (χ4n) is 2.50. The molecule has 0 aliphatic rings. The third-order valence-electron chi connectivity index (χ3n) is 3.88. The third-order valence-corrected chi connectivity index (χ3v) is 3.88. The van der Waals surface area contributed by atoms with Crippen molar-refractivity contribution in [1.82, 2.24) is 9.55 Å². The van der Waals surface area contributed by atoms with Crippen LogP contribution in [-0.2, 0) is 20.8 Å². The van der Waals surface area contributed by atoms with Crippen molar-refractivity contribution in [2.75, 3.05) is 13.2 Å². The van der Waals surface area contributed by atoms with Crippen molar-refractivity contribution in [1.29, 1.82) is 0 Å². The lowest BCUT2D eigenvalue weighted by Gasteiger charge is -2.08. The van der Waals surface area contributed by atoms with E-state index in [1.54, 1.807) is 54.6 Å². The molecule has 0 N–H and O–H groups in total. The highest BCUT2D eigenvalue weighted by Gasteiger charge is 2.09. The molecule has 2 aromatic carbocycles. The summed E-state index contributed by atoms with van der Waals surface area (Å²) in [5, 5.41) is 0.501. The van der Waals surface area contributed by atoms with Gasteiger partial charge in [-0.15, -0.1) is 0 Å². The Hall–Kier alpha value is -3.48. The molecule has 3 rings (SSSR count). The Labute approximate surface area is 155 Å². The number of esters is 2. The third kappa shape index (κ3) is 4.78. The standard InChI is InChI=1S/C20H18N2O5/c23-18(26-12-13-27-20(25)15-6-2-1-3-7-15)10-11-22-14-21-17-9-5-4-8-16(17)19(22)24/h1-9,14H,10-13H2. The molecule has 0 amide bonds. The second kappa shape index (κ2) is 8.75. The molecule has 1 aromatic heterocycles. The van der Waals surface area contributed by atoms with Gasteiger partial charge in [0.2, 0.25) is 0 Å². The second-order valence-electron chi connectivity index (χ2n) is 5.73. The van der Waals surface area contributed by atoms with Crippen molar-refractivity contribution < 1.29 is 19.1 Å². The predicted molar refractivity (Wildman–Crippen MR) is 98.3 cm³/mol. The summed E-state index contributed by atoms with van der Waals surface area (Å²) in [6, 6.07) is 15.6. The van der Waals surface area contributed by atoms with E-state index in [1.165, 1.54) is 10.9 Å². The summed E-state index contributed by atoms with van der Waals surface area (Å²) < 4.78 is 11.4. The smallest absolute Gasteiger partial charge is 0.338 e. The quantitative estimate of drug-likeness (QED) is 0.470. The number of carbonyl (C=O) groups excluding carboxylic acids is 2. The average Bonchev–Trinajstić information content (AvgIpc) is 2.71. The number of hydrogen-bond acceptors (Lipinski definition) is 6. The summed E-state index contributed by atoms with van der Waals surface area (Å²) in [4.78, 5) is 40.1. The summed E-state index contributed by atoms with van der Waals surface area (Å²) >= 11 is 0. The number of aryl methyl sites for hydroxylation is 1. The lowest BCUT2D eigenvalue weighted by molar-refractivity contribution is -0.145. The molecular formula is C20H18N2O5. The molecule has 7 heteroatoms. The summed E-state index contributed by atoms with van der Waals surface area (Å²) in [6.45, 7) is 0.0958. The van der Waals surface area contributed by atoms with Gasteiger partial charge in [0, 0.05) is 6.54 Å². The molecule has 0 saturated carbocycles. The maximum absolute atomic E-state index is 12.3. The minimum Gasteiger partial charge on any atom is -0.462 e. The number of nitrogens with zero attached hydrogens (tertiary/aromatic N) is 2. The number of ether oxygens (including phenoxy) is 2. The zero-order valence-corrected chi connectivity index (χ0v) is 14.5. The van der Waals surface area contributed by atoms with Gasteiger partial charge in [0.1, 0.15) is 13.2 Å². The van der Waals surface area contributed by atoms with Crippen LogP contribution in [0.1, 0.15) is 16.8 Å². The van der Waals surface area contributed by atoms with Gasteiger partial charge < -0.3 is 9.47 Å². The Balaban J connectivity index is 1.43. The monoisotopic (exact) mass is 366 g/mol. The van der Waals surface area contributed by atoms with Gasteiger partial charge >= 0.3 is 11.9 Å². The molecule has 1 heterocycles. The van der Waals surface area contributed by atoms with Crippen LogP contribution >= 0.6 is 0 Å². The van der Waals surface area contributed by atoms with Gasteiger partial charge in [0.15, 0.2) is 0 Å². The van der Waals surface area contributed by atoms with Crippen LogP contribution in [0.3, 0.4) is 0 Å². The van der Waals surface area contributed by atoms with Gasteiger partial charge in [0.05, 0.1) is 29.2 Å². The molecule has 0 saturated heterocycles. The first-order chi connectivity index (χ1) is 13.1. The first kappa shape index (κ1) is 18.3. The second-order valence-corrected chi connectivity index (χ2v) is 5.73. The van der Waals surface area contributed by atoms with E-state index >= 15 is 0 Å². The van der Waals surface area contributed by atoms with Crippen LogP contribution in [0.2, 0.25) is 0 Å². The summed E-state index contributed by atoms with van der Waals surface area (Å²) in [5.41, 5.74) is 0.846. The van der Waals surface area contributed by atoms with E-state index in [4.69, 9.17) is 9.47 Å². The van der Waals surface area contributed by atoms with Crippen molar-refractivity contribution in [3.05, 3.63) is 76.8 Å². The van der Waals surface area contributed by atoms with E-state index in [2.05, 4.69) is 4.98 Å². The molecule has 138 valence electrons. The first-order valence-electron chi connectivity index (χ1n) is 8.47. The Morgan fingerprint density at radius 3 is 2.44 bits per heavy atom. The summed E-state index contributed by atoms with van der Waals surface area (Å²) in [6.07, 6.45) is 1.44. The minimum absolute atomic E-state index is 0.0204. The van der Waals surface area contributed by atoms with Gasteiger partial charge in [-0.3, -0.25) is 14.2 Å². The van der Waals surface area contributed by atoms with Gasteiger partial charge in [-0.05, 0) is 24.3 Å². The topological polar surface area (TPSA) is 87.5 Å². The summed E-state index contributed by atoms with van der Waals surface area (Å²) in [5.74, 6) is -0.953. The van der Waals surface area contributed by atoms with Gasteiger partial charge in [-0.2, -0.15) is 0 Å². The van der Waals surface area contributed by atoms with Crippen molar-refractivity contribution in [3.8, 4) is 0 Å². The highest BCUT2D eigenvalue weighted by molar-refractivity contribution is 5.89. The highest BCUT2D eigenvalue weighted by atomic mass is 16.6. The molecule has 0 aliphatic carbocycles. The van der Waals surface area contributed by atoms with Crippen LogP contribution in [-0.4, -0.2) is 34.7 Å². The first-order valence-corrected chi connectivity index (χ1v) is 8.47. The zero-order chi connectivity index (χ0) is 19.1. The Morgan fingerprint density at radius 1 is 0.926 bits per heavy atom. The molecule has 3 aromatic rings. The Morgan fingerprint density at radius 2 is 1.63 bits per heavy atom. The molecular weight excluding hydrogens is 348 g/mol. The molecule has 0 aliphatic heterocycles. The van der Waals surface area contributed by atoms with E-state index in [1.807, 2.05) is 0 Å². The minimum atomic E-state index is -0.481. The number of hydrogen-bond donors (Lipinski definition) is 0. The van der Waals surface area contributed by atoms with Crippen molar-refractivity contribution in [2.45, 2.75) is 13.0 Å². The number of para-hydroxylation sites is 1. The fraction of sp³-hybridized carbons (Fsp3) is 0.200. The lowest BCUT2D eigenvalue weighted by atomic mass is 10.2. The number of benzene rings is 2. The van der Waals surface area contributed by atoms with Crippen LogP contribution in [0.25, 0.3) is 10.9 Å². The van der Waals surface area contributed by atoms with Crippen molar-refractivity contribution >= 4 is 22.8 Å². The largest absolute Gasteiger partial charge is 0.462 e. The Kier molecular flexibility index (Phi) is 5.94. The van der Waals surface area contributed by atoms with E-state index in [0.29, 0.717) is 16.5 Å². The molecule has 0 atom stereocenters. The van der Waals surface area contributed by atoms with Gasteiger partial charge in [-0.25, -0.2) is 9.78 Å². The maximum atomic E-state index is 12.3. The molecule has 0 fully saturated rings. The Bertz CT molecular complexity index is 998. The van der Waals surface area contributed by atoms with E-state index in [-0.39, 0.29) is 31.7 Å². The molecule has 0 bridgehead atoms. The molecule has 27 heavy (non-hydrogen) atoms. The van der Waals surface area contributed by atoms with Crippen molar-refractivity contribution in [2.24, 2.45) is 0 Å². The number of fused-ring (bicyclic) bond motifs is 1. The predicted octanol–water partition coefficient (Wildman–Crippen LogP) is 2.19. The van der Waals surface area contributed by atoms with Crippen LogP contribution in [0.5, 0.6) is 0 Å². The van der Waals surface area contributed by atoms with Crippen molar-refractivity contribution in [3.63, 3.8) is 0 Å². The number of carbonyl (C=O) groups is 2. The van der Waals surface area contributed by atoms with Crippen LogP contribution in [0.15, 0.2) is 65.7 Å². The molecule has 0 unspecified atom stereocenters. The molecule has 7 nitrogen and oxygen atoms in total. The normalized spacial score (nSPS) is 10.5. The van der Waals surface area contributed by atoms with E-state index < -0.39 is 11.9 Å². The van der Waals surface area contributed by atoms with Gasteiger partial charge in [0.25, 0.3) is 5.56 Å². The lowest BCUT2D eigenvalue weighted by Crippen LogP contribution is -2.23. The summed E-state index contributed by atoms with van der Waals surface area (Å²) in [7, 11) is 0. The molecule has 0 spiro atoms. The maximum Gasteiger partial charge on any atom is 0.338 e. The van der Waals surface area contributed by atoms with E-state index in [0.717, 1.165) is 0 Å². The highest BCUT2D eigenvalue weighted by Crippen LogP contribution is 2.05. The van der Waals surface area contributed by atoms with Crippen LogP contribution < -0.4 is 5.56 Å². The SMILES string of the molecule is O=C(CCn1cnc2ccccc2c1=O)OCCOC(=O)c1ccccc1.